The highest BCUT2D eigenvalue weighted by atomic mass is 16.7. The molecule has 4 aromatic rings. The quantitative estimate of drug-likeness (QED) is 0.125. The first-order chi connectivity index (χ1) is 22.4. The Hall–Kier alpha value is -4.66. The van der Waals surface area contributed by atoms with Crippen LogP contribution in [0.2, 0.25) is 0 Å². The molecule has 0 spiro atoms. The van der Waals surface area contributed by atoms with Crippen LogP contribution in [0.5, 0.6) is 11.5 Å². The fourth-order valence-corrected chi connectivity index (χ4v) is 5.06. The lowest BCUT2D eigenvalue weighted by Crippen LogP contribution is -2.40. The molecule has 4 rings (SSSR count). The highest BCUT2D eigenvalue weighted by Crippen LogP contribution is 2.25. The minimum Gasteiger partial charge on any atom is -0.494 e. The second-order valence-corrected chi connectivity index (χ2v) is 11.3. The fourth-order valence-electron chi connectivity index (χ4n) is 5.06. The number of hydroxylamine groups is 1. The van der Waals surface area contributed by atoms with Crippen molar-refractivity contribution in [2.75, 3.05) is 19.7 Å². The molecule has 0 aromatic heterocycles. The average Bonchev–Trinajstić information content (AvgIpc) is 3.07. The number of ether oxygens (including phenoxy) is 2. The van der Waals surface area contributed by atoms with Crippen LogP contribution in [0.4, 0.5) is 0 Å². The molecule has 8 heteroatoms. The first-order valence-electron chi connectivity index (χ1n) is 15.8. The summed E-state index contributed by atoms with van der Waals surface area (Å²) in [6, 6.07) is 36.6. The number of hydrogen-bond acceptors (Lipinski definition) is 6. The third kappa shape index (κ3) is 11.7. The van der Waals surface area contributed by atoms with Crippen LogP contribution in [0.1, 0.15) is 55.5 Å². The highest BCUT2D eigenvalue weighted by Gasteiger charge is 2.23. The Morgan fingerprint density at radius 1 is 0.761 bits per heavy atom. The van der Waals surface area contributed by atoms with Gasteiger partial charge in [0, 0.05) is 39.0 Å². The summed E-state index contributed by atoms with van der Waals surface area (Å²) in [6.07, 6.45) is 0.459. The van der Waals surface area contributed by atoms with Gasteiger partial charge < -0.3 is 14.8 Å². The van der Waals surface area contributed by atoms with Crippen molar-refractivity contribution in [2.45, 2.75) is 58.9 Å². The molecule has 0 heterocycles. The second kappa shape index (κ2) is 18.3. The Morgan fingerprint density at radius 3 is 2.00 bits per heavy atom. The average molecular weight is 624 g/mol. The van der Waals surface area contributed by atoms with Crippen LogP contribution < -0.4 is 20.3 Å². The molecule has 242 valence electrons. The maximum Gasteiger partial charge on any atom is 0.245 e. The van der Waals surface area contributed by atoms with Crippen molar-refractivity contribution in [3.63, 3.8) is 0 Å². The van der Waals surface area contributed by atoms with Crippen molar-refractivity contribution in [1.82, 2.24) is 15.7 Å². The predicted molar refractivity (Wildman–Crippen MR) is 180 cm³/mol. The van der Waals surface area contributed by atoms with E-state index in [4.69, 9.17) is 14.3 Å². The van der Waals surface area contributed by atoms with Gasteiger partial charge in [-0.15, -0.1) is 0 Å². The summed E-state index contributed by atoms with van der Waals surface area (Å²) in [5.41, 5.74) is 7.01. The second-order valence-electron chi connectivity index (χ2n) is 11.3. The highest BCUT2D eigenvalue weighted by molar-refractivity contribution is 5.77. The summed E-state index contributed by atoms with van der Waals surface area (Å²) in [5.74, 6) is 1.12. The van der Waals surface area contributed by atoms with Gasteiger partial charge >= 0.3 is 0 Å². The number of carbonyl (C=O) groups is 2. The van der Waals surface area contributed by atoms with Crippen molar-refractivity contribution in [2.24, 2.45) is 0 Å². The minimum atomic E-state index is -0.473. The molecule has 0 aliphatic rings. The molecule has 0 aliphatic carbocycles. The molecule has 0 bridgehead atoms. The topological polar surface area (TPSA) is 89.1 Å². The smallest absolute Gasteiger partial charge is 0.245 e. The van der Waals surface area contributed by atoms with Gasteiger partial charge in [-0.05, 0) is 66.8 Å². The minimum absolute atomic E-state index is 0.112. The third-order valence-corrected chi connectivity index (χ3v) is 7.56. The lowest BCUT2D eigenvalue weighted by molar-refractivity contribution is -0.140. The maximum atomic E-state index is 12.6. The molecule has 0 aliphatic heterocycles. The van der Waals surface area contributed by atoms with Crippen LogP contribution in [0.25, 0.3) is 0 Å². The molecule has 46 heavy (non-hydrogen) atoms. The number of carbonyl (C=O) groups excluding carboxylic acids is 2. The Balaban J connectivity index is 1.52. The summed E-state index contributed by atoms with van der Waals surface area (Å²) < 4.78 is 11.6. The summed E-state index contributed by atoms with van der Waals surface area (Å²) in [5, 5.41) is 2.65. The van der Waals surface area contributed by atoms with Gasteiger partial charge in [-0.2, -0.15) is 0 Å². The summed E-state index contributed by atoms with van der Waals surface area (Å²) in [4.78, 5) is 32.4. The van der Waals surface area contributed by atoms with Gasteiger partial charge in [0.15, 0.2) is 0 Å². The van der Waals surface area contributed by atoms with E-state index in [-0.39, 0.29) is 30.8 Å². The molecule has 2 N–H and O–H groups in total. The van der Waals surface area contributed by atoms with E-state index >= 15 is 0 Å². The van der Waals surface area contributed by atoms with Crippen molar-refractivity contribution < 1.29 is 23.9 Å². The Kier molecular flexibility index (Phi) is 13.6. The largest absolute Gasteiger partial charge is 0.494 e. The van der Waals surface area contributed by atoms with Gasteiger partial charge in [-0.1, -0.05) is 84.9 Å². The summed E-state index contributed by atoms with van der Waals surface area (Å²) >= 11 is 0. The summed E-state index contributed by atoms with van der Waals surface area (Å²) in [6.45, 7) is 8.17. The molecular weight excluding hydrogens is 578 g/mol. The number of nitrogens with zero attached hydrogens (tertiary/aromatic N) is 1. The zero-order chi connectivity index (χ0) is 32.6. The van der Waals surface area contributed by atoms with Gasteiger partial charge in [-0.25, -0.2) is 5.48 Å². The molecule has 0 saturated carbocycles. The molecule has 2 amide bonds. The van der Waals surface area contributed by atoms with Crippen LogP contribution in [0, 0.1) is 0 Å². The van der Waals surface area contributed by atoms with Crippen LogP contribution in [-0.2, 0) is 34.0 Å². The van der Waals surface area contributed by atoms with E-state index in [1.54, 1.807) is 0 Å². The Labute approximate surface area is 272 Å². The van der Waals surface area contributed by atoms with Crippen molar-refractivity contribution in [3.8, 4) is 11.5 Å². The predicted octanol–water partition coefficient (Wildman–Crippen LogP) is 6.41. The molecular formula is C38H45N3O5. The molecule has 8 nitrogen and oxygen atoms in total. The lowest BCUT2D eigenvalue weighted by Gasteiger charge is -2.33. The fraction of sp³-hybridized carbons (Fsp3) is 0.316. The van der Waals surface area contributed by atoms with Crippen LogP contribution in [0.15, 0.2) is 109 Å². The Bertz CT molecular complexity index is 1460. The van der Waals surface area contributed by atoms with Crippen LogP contribution in [-0.4, -0.2) is 42.5 Å². The maximum absolute atomic E-state index is 12.6. The van der Waals surface area contributed by atoms with Gasteiger partial charge in [-0.3, -0.25) is 19.3 Å². The van der Waals surface area contributed by atoms with Crippen molar-refractivity contribution >= 4 is 11.8 Å². The van der Waals surface area contributed by atoms with E-state index in [9.17, 15) is 9.59 Å². The zero-order valence-electron chi connectivity index (χ0n) is 27.0. The van der Waals surface area contributed by atoms with Gasteiger partial charge in [0.1, 0.15) is 24.2 Å². The number of hydrogen-bond donors (Lipinski definition) is 2. The molecule has 0 saturated heterocycles. The van der Waals surface area contributed by atoms with E-state index in [0.717, 1.165) is 29.0 Å². The van der Waals surface area contributed by atoms with E-state index < -0.39 is 6.10 Å². The monoisotopic (exact) mass is 623 g/mol. The van der Waals surface area contributed by atoms with Gasteiger partial charge in [0.25, 0.3) is 0 Å². The molecule has 2 atom stereocenters. The van der Waals surface area contributed by atoms with Crippen molar-refractivity contribution in [3.05, 3.63) is 131 Å². The molecule has 2 unspecified atom stereocenters. The Morgan fingerprint density at radius 2 is 1.37 bits per heavy atom. The summed E-state index contributed by atoms with van der Waals surface area (Å²) in [7, 11) is 0. The SMILES string of the molecule is CCOc1ccc(CC(C)N(Cc2ccccc2)CC(ONC(=O)CCNC(C)=O)c2ccc(OCc3ccccc3)cc2)cc1. The van der Waals surface area contributed by atoms with Crippen LogP contribution in [0.3, 0.4) is 0 Å². The number of benzene rings is 4. The number of nitrogens with one attached hydrogen (secondary N) is 2. The number of rotatable bonds is 18. The molecule has 0 radical (unpaired) electrons. The lowest BCUT2D eigenvalue weighted by atomic mass is 10.0. The third-order valence-electron chi connectivity index (χ3n) is 7.56. The van der Waals surface area contributed by atoms with E-state index in [2.05, 4.69) is 46.9 Å². The van der Waals surface area contributed by atoms with Crippen LogP contribution >= 0.6 is 0 Å². The first-order valence-corrected chi connectivity index (χ1v) is 15.8. The van der Waals surface area contributed by atoms with E-state index in [1.807, 2.05) is 91.9 Å². The molecule has 4 aromatic carbocycles. The zero-order valence-corrected chi connectivity index (χ0v) is 27.0. The number of amides is 2. The molecule has 0 fully saturated rings. The first kappa shape index (κ1) is 34.2. The van der Waals surface area contributed by atoms with E-state index in [1.165, 1.54) is 18.1 Å². The van der Waals surface area contributed by atoms with Crippen molar-refractivity contribution in [1.29, 1.82) is 0 Å². The van der Waals surface area contributed by atoms with E-state index in [0.29, 0.717) is 26.3 Å². The normalized spacial score (nSPS) is 12.3. The van der Waals surface area contributed by atoms with Gasteiger partial charge in [0.05, 0.1) is 6.61 Å². The standard InChI is InChI=1S/C38H45N3O5/c1-4-44-35-19-15-31(16-20-35)25-29(2)41(26-32-11-7-5-8-12-32)27-37(46-40-38(43)23-24-39-30(3)42)34-17-21-36(22-18-34)45-28-33-13-9-6-10-14-33/h5-22,29,37H,4,23-28H2,1-3H3,(H,39,42)(H,40,43). The van der Waals surface area contributed by atoms with Gasteiger partial charge in [0.2, 0.25) is 11.8 Å².